The molecule has 1 aromatic heterocycles. The predicted octanol–water partition coefficient (Wildman–Crippen LogP) is 5.02. The number of Topliss-reactive ketones (excluding diaryl/α,β-unsaturated/α-hetero) is 1. The molecule has 1 unspecified atom stereocenters. The molecule has 1 aliphatic rings. The third-order valence-electron chi connectivity index (χ3n) is 5.76. The molecular formula is C26H16ClNO5. The average molecular weight is 458 g/mol. The van der Waals surface area contributed by atoms with E-state index in [-0.39, 0.29) is 38.8 Å². The van der Waals surface area contributed by atoms with Crippen LogP contribution >= 0.6 is 11.6 Å². The maximum atomic E-state index is 13.0. The molecule has 3 aromatic carbocycles. The number of aromatic nitrogens is 1. The maximum absolute atomic E-state index is 13.0. The van der Waals surface area contributed by atoms with Crippen LogP contribution in [0.15, 0.2) is 66.9 Å². The van der Waals surface area contributed by atoms with Crippen molar-refractivity contribution in [3.05, 3.63) is 105 Å². The molecule has 7 heteroatoms. The number of H-pyrrole nitrogens is 1. The summed E-state index contributed by atoms with van der Waals surface area (Å²) in [6, 6.07) is 16.5. The number of ketones is 3. The van der Waals surface area contributed by atoms with E-state index in [1.54, 1.807) is 36.5 Å². The van der Waals surface area contributed by atoms with Crippen molar-refractivity contribution in [1.82, 2.24) is 4.98 Å². The number of halogens is 1. The lowest BCUT2D eigenvalue weighted by molar-refractivity contribution is 0.0319. The first kappa shape index (κ1) is 20.8. The van der Waals surface area contributed by atoms with Crippen LogP contribution in [0, 0.1) is 0 Å². The molecule has 0 saturated heterocycles. The Hall–Kier alpha value is -4.03. The number of fused-ring (bicyclic) bond motifs is 3. The van der Waals surface area contributed by atoms with Crippen molar-refractivity contribution in [3.63, 3.8) is 0 Å². The molecule has 0 fully saturated rings. The number of carbonyl (C=O) groups excluding carboxylic acids is 4. The quantitative estimate of drug-likeness (QED) is 0.302. The van der Waals surface area contributed by atoms with Gasteiger partial charge in [-0.05, 0) is 25.1 Å². The zero-order valence-electron chi connectivity index (χ0n) is 17.3. The van der Waals surface area contributed by atoms with E-state index in [1.807, 2.05) is 18.2 Å². The summed E-state index contributed by atoms with van der Waals surface area (Å²) >= 11 is 6.43. The minimum Gasteiger partial charge on any atom is -0.451 e. The predicted molar refractivity (Wildman–Crippen MR) is 122 cm³/mol. The summed E-state index contributed by atoms with van der Waals surface area (Å²) in [7, 11) is 0. The maximum Gasteiger partial charge on any atom is 0.340 e. The number of carbonyl (C=O) groups is 4. The van der Waals surface area contributed by atoms with Crippen molar-refractivity contribution in [3.8, 4) is 0 Å². The van der Waals surface area contributed by atoms with Crippen LogP contribution in [0.3, 0.4) is 0 Å². The van der Waals surface area contributed by atoms with Crippen molar-refractivity contribution >= 4 is 45.8 Å². The molecule has 1 heterocycles. The number of aromatic amines is 1. The summed E-state index contributed by atoms with van der Waals surface area (Å²) in [5, 5.41) is 0.553. The monoisotopic (exact) mass is 457 g/mol. The van der Waals surface area contributed by atoms with Crippen molar-refractivity contribution in [2.24, 2.45) is 0 Å². The molecule has 4 aromatic rings. The van der Waals surface area contributed by atoms with E-state index in [1.165, 1.54) is 19.1 Å². The lowest BCUT2D eigenvalue weighted by Crippen LogP contribution is -2.26. The minimum atomic E-state index is -1.10. The van der Waals surface area contributed by atoms with Crippen molar-refractivity contribution in [2.45, 2.75) is 13.0 Å². The summed E-state index contributed by atoms with van der Waals surface area (Å²) in [4.78, 5) is 54.6. The van der Waals surface area contributed by atoms with Gasteiger partial charge in [-0.1, -0.05) is 54.1 Å². The third-order valence-corrected chi connectivity index (χ3v) is 6.15. The van der Waals surface area contributed by atoms with Gasteiger partial charge in [0.15, 0.2) is 17.7 Å². The standard InChI is InChI=1S/C26H16ClNO5/c1-13(23(29)19-12-28-20-9-5-4-6-14(19)20)33-26(32)18-11-10-17-21(22(18)27)25(31)16-8-3-2-7-15(16)24(17)30/h2-13,28H,1H3. The summed E-state index contributed by atoms with van der Waals surface area (Å²) in [5.74, 6) is -2.02. The fourth-order valence-electron chi connectivity index (χ4n) is 4.08. The smallest absolute Gasteiger partial charge is 0.340 e. The van der Waals surface area contributed by atoms with Gasteiger partial charge in [0, 0.05) is 39.4 Å². The Kier molecular flexibility index (Phi) is 4.95. The summed E-state index contributed by atoms with van der Waals surface area (Å²) in [6.07, 6.45) is 0.479. The lowest BCUT2D eigenvalue weighted by atomic mass is 9.83. The molecule has 1 aliphatic carbocycles. The third kappa shape index (κ3) is 3.27. The first-order valence-corrected chi connectivity index (χ1v) is 10.6. The normalized spacial score (nSPS) is 13.4. The van der Waals surface area contributed by atoms with Gasteiger partial charge in [-0.25, -0.2) is 4.79 Å². The molecule has 162 valence electrons. The van der Waals surface area contributed by atoms with Crippen molar-refractivity contribution in [2.75, 3.05) is 0 Å². The molecule has 1 atom stereocenters. The van der Waals surface area contributed by atoms with Crippen LogP contribution in [0.1, 0.15) is 59.5 Å². The largest absolute Gasteiger partial charge is 0.451 e. The molecule has 0 saturated carbocycles. The topological polar surface area (TPSA) is 93.3 Å². The summed E-state index contributed by atoms with van der Waals surface area (Å²) < 4.78 is 5.39. The molecular weight excluding hydrogens is 442 g/mol. The molecule has 1 N–H and O–H groups in total. The van der Waals surface area contributed by atoms with Crippen LogP contribution in [0.5, 0.6) is 0 Å². The van der Waals surface area contributed by atoms with Crippen molar-refractivity contribution in [1.29, 1.82) is 0 Å². The molecule has 0 bridgehead atoms. The van der Waals surface area contributed by atoms with E-state index in [0.29, 0.717) is 11.1 Å². The number of para-hydroxylation sites is 1. The van der Waals surface area contributed by atoms with Crippen LogP contribution < -0.4 is 0 Å². The van der Waals surface area contributed by atoms with Crippen LogP contribution in [0.4, 0.5) is 0 Å². The van der Waals surface area contributed by atoms with E-state index < -0.39 is 17.9 Å². The van der Waals surface area contributed by atoms with E-state index in [4.69, 9.17) is 16.3 Å². The van der Waals surface area contributed by atoms with Crippen LogP contribution in [-0.2, 0) is 4.74 Å². The first-order chi connectivity index (χ1) is 15.9. The Morgan fingerprint density at radius 3 is 2.27 bits per heavy atom. The number of esters is 1. The first-order valence-electron chi connectivity index (χ1n) is 10.2. The van der Waals surface area contributed by atoms with Crippen molar-refractivity contribution < 1.29 is 23.9 Å². The molecule has 0 amide bonds. The van der Waals surface area contributed by atoms with Gasteiger partial charge < -0.3 is 9.72 Å². The fourth-order valence-corrected chi connectivity index (χ4v) is 4.40. The van der Waals surface area contributed by atoms with E-state index in [9.17, 15) is 19.2 Å². The zero-order valence-corrected chi connectivity index (χ0v) is 18.1. The second-order valence-corrected chi connectivity index (χ2v) is 8.09. The molecule has 5 rings (SSSR count). The SMILES string of the molecule is CC(OC(=O)c1ccc2c(c1Cl)C(=O)c1ccccc1C2=O)C(=O)c1c[nH]c2ccccc12. The van der Waals surface area contributed by atoms with Gasteiger partial charge in [-0.15, -0.1) is 0 Å². The molecule has 33 heavy (non-hydrogen) atoms. The van der Waals surface area contributed by atoms with Crippen LogP contribution in [-0.4, -0.2) is 34.4 Å². The Morgan fingerprint density at radius 2 is 1.52 bits per heavy atom. The Labute approximate surface area is 193 Å². The number of hydrogen-bond donors (Lipinski definition) is 1. The molecule has 0 spiro atoms. The molecule has 0 radical (unpaired) electrons. The highest BCUT2D eigenvalue weighted by molar-refractivity contribution is 6.41. The van der Waals surface area contributed by atoms with Gasteiger partial charge in [-0.2, -0.15) is 0 Å². The second kappa shape index (κ2) is 7.83. The highest BCUT2D eigenvalue weighted by atomic mass is 35.5. The van der Waals surface area contributed by atoms with E-state index in [2.05, 4.69) is 4.98 Å². The highest BCUT2D eigenvalue weighted by Crippen LogP contribution is 2.34. The van der Waals surface area contributed by atoms with E-state index in [0.717, 1.165) is 10.9 Å². The number of rotatable bonds is 4. The summed E-state index contributed by atoms with van der Waals surface area (Å²) in [5.41, 5.74) is 1.72. The Bertz CT molecular complexity index is 1500. The minimum absolute atomic E-state index is 0.0366. The lowest BCUT2D eigenvalue weighted by Gasteiger charge is -2.20. The average Bonchev–Trinajstić information content (AvgIpc) is 3.26. The Balaban J connectivity index is 1.44. The molecule has 0 aliphatic heterocycles. The second-order valence-electron chi connectivity index (χ2n) is 7.71. The van der Waals surface area contributed by atoms with Crippen LogP contribution in [0.2, 0.25) is 5.02 Å². The number of ether oxygens (including phenoxy) is 1. The Morgan fingerprint density at radius 1 is 0.848 bits per heavy atom. The van der Waals surface area contributed by atoms with Gasteiger partial charge in [0.05, 0.1) is 16.1 Å². The van der Waals surface area contributed by atoms with Gasteiger partial charge in [0.2, 0.25) is 5.78 Å². The van der Waals surface area contributed by atoms with Gasteiger partial charge in [0.1, 0.15) is 0 Å². The number of nitrogens with one attached hydrogen (secondary N) is 1. The summed E-state index contributed by atoms with van der Waals surface area (Å²) in [6.45, 7) is 1.47. The van der Waals surface area contributed by atoms with Gasteiger partial charge in [0.25, 0.3) is 0 Å². The van der Waals surface area contributed by atoms with Gasteiger partial charge >= 0.3 is 5.97 Å². The fraction of sp³-hybridized carbons (Fsp3) is 0.0769. The van der Waals surface area contributed by atoms with Gasteiger partial charge in [-0.3, -0.25) is 14.4 Å². The number of benzene rings is 3. The molecule has 6 nitrogen and oxygen atoms in total. The highest BCUT2D eigenvalue weighted by Gasteiger charge is 2.34. The zero-order chi connectivity index (χ0) is 23.3. The van der Waals surface area contributed by atoms with E-state index >= 15 is 0 Å². The van der Waals surface area contributed by atoms with Crippen LogP contribution in [0.25, 0.3) is 10.9 Å². The number of hydrogen-bond acceptors (Lipinski definition) is 5.